The summed E-state index contributed by atoms with van der Waals surface area (Å²) in [5, 5.41) is 21.1. The van der Waals surface area contributed by atoms with Crippen molar-refractivity contribution in [1.82, 2.24) is 39.7 Å². The monoisotopic (exact) mass is 406 g/mol. The summed E-state index contributed by atoms with van der Waals surface area (Å²) in [6.45, 7) is 0.713. The summed E-state index contributed by atoms with van der Waals surface area (Å²) in [5.74, 6) is 0.868. The van der Waals surface area contributed by atoms with E-state index in [0.717, 1.165) is 54.1 Å². The van der Waals surface area contributed by atoms with E-state index in [9.17, 15) is 4.79 Å². The number of fused-ring (bicyclic) bond motifs is 2. The van der Waals surface area contributed by atoms with E-state index in [1.54, 1.807) is 22.3 Å². The summed E-state index contributed by atoms with van der Waals surface area (Å²) < 4.78 is 3.60. The van der Waals surface area contributed by atoms with Crippen LogP contribution in [-0.4, -0.2) is 52.2 Å². The number of tetrazole rings is 1. The van der Waals surface area contributed by atoms with Crippen LogP contribution < -0.4 is 0 Å². The molecule has 0 unspecified atom stereocenters. The average Bonchev–Trinajstić information content (AvgIpc) is 3.55. The number of pyridine rings is 1. The molecule has 2 aliphatic rings. The number of thiophene rings is 1. The Morgan fingerprint density at radius 2 is 2.14 bits per heavy atom. The van der Waals surface area contributed by atoms with E-state index in [1.165, 1.54) is 10.4 Å². The standard InChI is InChI=1S/C19H18N8OS/c28-18(16-12-5-3-7-14(12)29-19(16)27-11-20-23-24-27)25-10-4-6-13(25)17-22-21-15-8-1-2-9-26(15)17/h1-2,8-9,11,13H,3-7,10H2/t13-/m0/s1. The van der Waals surface area contributed by atoms with Crippen LogP contribution in [0, 0.1) is 0 Å². The molecular formula is C19H18N8OS. The molecule has 1 aliphatic heterocycles. The number of aromatic nitrogens is 7. The number of carbonyl (C=O) groups excluding carboxylic acids is 1. The number of likely N-dealkylation sites (tertiary alicyclic amines) is 1. The predicted molar refractivity (Wildman–Crippen MR) is 105 cm³/mol. The highest BCUT2D eigenvalue weighted by atomic mass is 32.1. The molecule has 0 bridgehead atoms. The minimum atomic E-state index is -0.0847. The number of hydrogen-bond acceptors (Lipinski definition) is 7. The molecule has 146 valence electrons. The number of rotatable bonds is 3. The van der Waals surface area contributed by atoms with Gasteiger partial charge in [-0.15, -0.1) is 26.6 Å². The Bertz CT molecular complexity index is 1210. The number of carbonyl (C=O) groups is 1. The summed E-state index contributed by atoms with van der Waals surface area (Å²) >= 11 is 1.63. The molecular weight excluding hydrogens is 388 g/mol. The quantitative estimate of drug-likeness (QED) is 0.518. The molecule has 1 amide bonds. The van der Waals surface area contributed by atoms with Crippen LogP contribution in [0.5, 0.6) is 0 Å². The van der Waals surface area contributed by atoms with E-state index in [-0.39, 0.29) is 11.9 Å². The third-order valence-corrected chi connectivity index (χ3v) is 7.11. The van der Waals surface area contributed by atoms with Crippen molar-refractivity contribution in [3.8, 4) is 5.00 Å². The lowest BCUT2D eigenvalue weighted by molar-refractivity contribution is 0.0728. The van der Waals surface area contributed by atoms with Gasteiger partial charge in [0.05, 0.1) is 11.6 Å². The Morgan fingerprint density at radius 1 is 1.17 bits per heavy atom. The summed E-state index contributed by atoms with van der Waals surface area (Å²) in [7, 11) is 0. The lowest BCUT2D eigenvalue weighted by atomic mass is 10.1. The first-order chi connectivity index (χ1) is 14.3. The number of amides is 1. The number of aryl methyl sites for hydroxylation is 1. The predicted octanol–water partition coefficient (Wildman–Crippen LogP) is 2.23. The van der Waals surface area contributed by atoms with E-state index in [0.29, 0.717) is 6.54 Å². The van der Waals surface area contributed by atoms with Crippen LogP contribution in [0.3, 0.4) is 0 Å². The Balaban J connectivity index is 1.44. The van der Waals surface area contributed by atoms with Gasteiger partial charge in [0.15, 0.2) is 11.5 Å². The van der Waals surface area contributed by atoms with Crippen molar-refractivity contribution in [2.75, 3.05) is 6.54 Å². The van der Waals surface area contributed by atoms with Crippen LogP contribution in [0.1, 0.15) is 51.9 Å². The zero-order chi connectivity index (χ0) is 19.4. The van der Waals surface area contributed by atoms with Crippen LogP contribution in [0.2, 0.25) is 0 Å². The Hall–Kier alpha value is -3.14. The van der Waals surface area contributed by atoms with Gasteiger partial charge in [-0.05, 0) is 60.2 Å². The van der Waals surface area contributed by atoms with Gasteiger partial charge >= 0.3 is 0 Å². The molecule has 6 rings (SSSR count). The molecule has 0 saturated carbocycles. The van der Waals surface area contributed by atoms with Gasteiger partial charge in [0.2, 0.25) is 0 Å². The molecule has 9 nitrogen and oxygen atoms in total. The largest absolute Gasteiger partial charge is 0.328 e. The van der Waals surface area contributed by atoms with E-state index in [1.807, 2.05) is 33.7 Å². The lowest BCUT2D eigenvalue weighted by Gasteiger charge is -2.24. The third kappa shape index (κ3) is 2.52. The molecule has 10 heteroatoms. The van der Waals surface area contributed by atoms with Crippen LogP contribution in [0.15, 0.2) is 30.7 Å². The van der Waals surface area contributed by atoms with Gasteiger partial charge in [0.1, 0.15) is 11.3 Å². The van der Waals surface area contributed by atoms with Gasteiger partial charge in [0, 0.05) is 17.6 Å². The van der Waals surface area contributed by atoms with Crippen molar-refractivity contribution < 1.29 is 4.79 Å². The topological polar surface area (TPSA) is 94.1 Å². The van der Waals surface area contributed by atoms with Gasteiger partial charge in [-0.2, -0.15) is 4.68 Å². The second-order valence-corrected chi connectivity index (χ2v) is 8.52. The molecule has 1 aliphatic carbocycles. The Kier molecular flexibility index (Phi) is 3.73. The molecule has 0 N–H and O–H groups in total. The maximum Gasteiger partial charge on any atom is 0.257 e. The first-order valence-electron chi connectivity index (χ1n) is 9.80. The molecule has 1 fully saturated rings. The van der Waals surface area contributed by atoms with Crippen molar-refractivity contribution in [3.05, 3.63) is 52.6 Å². The molecule has 4 aromatic rings. The number of hydrogen-bond donors (Lipinski definition) is 0. The van der Waals surface area contributed by atoms with Gasteiger partial charge in [0.25, 0.3) is 5.91 Å². The van der Waals surface area contributed by atoms with E-state index in [2.05, 4.69) is 25.7 Å². The fourth-order valence-corrected chi connectivity index (χ4v) is 5.83. The average molecular weight is 406 g/mol. The highest BCUT2D eigenvalue weighted by Crippen LogP contribution is 2.40. The molecule has 1 saturated heterocycles. The molecule has 0 radical (unpaired) electrons. The number of nitrogens with zero attached hydrogens (tertiary/aromatic N) is 8. The van der Waals surface area contributed by atoms with Gasteiger partial charge in [-0.1, -0.05) is 6.07 Å². The smallest absolute Gasteiger partial charge is 0.257 e. The maximum absolute atomic E-state index is 13.8. The Labute approximate surface area is 170 Å². The first kappa shape index (κ1) is 16.8. The molecule has 1 atom stereocenters. The first-order valence-corrected chi connectivity index (χ1v) is 10.6. The second-order valence-electron chi connectivity index (χ2n) is 7.44. The second kappa shape index (κ2) is 6.45. The fraction of sp³-hybridized carbons (Fsp3) is 0.368. The summed E-state index contributed by atoms with van der Waals surface area (Å²) in [6, 6.07) is 5.75. The molecule has 4 aromatic heterocycles. The van der Waals surface area contributed by atoms with Crippen LogP contribution in [0.4, 0.5) is 0 Å². The third-order valence-electron chi connectivity index (χ3n) is 5.83. The van der Waals surface area contributed by atoms with Crippen LogP contribution >= 0.6 is 11.3 Å². The zero-order valence-corrected chi connectivity index (χ0v) is 16.4. The van der Waals surface area contributed by atoms with Gasteiger partial charge in [-0.25, -0.2) is 0 Å². The van der Waals surface area contributed by atoms with Crippen LogP contribution in [0.25, 0.3) is 10.6 Å². The normalized spacial score (nSPS) is 18.6. The summed E-state index contributed by atoms with van der Waals surface area (Å²) in [6.07, 6.45) is 8.39. The SMILES string of the molecule is O=C(c1c(-n2cnnn2)sc2c1CCC2)N1CCC[C@H]1c1nnc2ccccn12. The van der Waals surface area contributed by atoms with Gasteiger partial charge < -0.3 is 4.90 Å². The van der Waals surface area contributed by atoms with E-state index in [4.69, 9.17) is 0 Å². The minimum absolute atomic E-state index is 0.0464. The molecule has 0 spiro atoms. The van der Waals surface area contributed by atoms with Crippen molar-refractivity contribution in [2.45, 2.75) is 38.1 Å². The lowest BCUT2D eigenvalue weighted by Crippen LogP contribution is -2.32. The van der Waals surface area contributed by atoms with Crippen molar-refractivity contribution in [3.63, 3.8) is 0 Å². The minimum Gasteiger partial charge on any atom is -0.328 e. The van der Waals surface area contributed by atoms with Crippen molar-refractivity contribution >= 4 is 22.9 Å². The van der Waals surface area contributed by atoms with Gasteiger partial charge in [-0.3, -0.25) is 9.20 Å². The van der Waals surface area contributed by atoms with Crippen molar-refractivity contribution in [2.24, 2.45) is 0 Å². The zero-order valence-electron chi connectivity index (χ0n) is 15.6. The summed E-state index contributed by atoms with van der Waals surface area (Å²) in [5.41, 5.74) is 2.73. The van der Waals surface area contributed by atoms with E-state index >= 15 is 0 Å². The molecule has 0 aromatic carbocycles. The highest BCUT2D eigenvalue weighted by Gasteiger charge is 2.38. The maximum atomic E-state index is 13.8. The Morgan fingerprint density at radius 3 is 3.03 bits per heavy atom. The highest BCUT2D eigenvalue weighted by molar-refractivity contribution is 7.15. The van der Waals surface area contributed by atoms with Crippen molar-refractivity contribution in [1.29, 1.82) is 0 Å². The molecule has 5 heterocycles. The van der Waals surface area contributed by atoms with Crippen LogP contribution in [-0.2, 0) is 12.8 Å². The summed E-state index contributed by atoms with van der Waals surface area (Å²) in [4.78, 5) is 17.1. The van der Waals surface area contributed by atoms with E-state index < -0.39 is 0 Å². The fourth-order valence-electron chi connectivity index (χ4n) is 4.54. The molecule has 29 heavy (non-hydrogen) atoms.